The van der Waals surface area contributed by atoms with E-state index in [1.165, 1.54) is 5.10 Å². The van der Waals surface area contributed by atoms with Crippen molar-refractivity contribution < 1.29 is 39.5 Å². The summed E-state index contributed by atoms with van der Waals surface area (Å²) in [5.74, 6) is -10.9. The number of H-pyrrole nitrogens is 1. The van der Waals surface area contributed by atoms with Crippen molar-refractivity contribution in [3.63, 3.8) is 0 Å². The molecule has 0 amide bonds. The van der Waals surface area contributed by atoms with Crippen LogP contribution >= 0.6 is 0 Å². The lowest BCUT2D eigenvalue weighted by atomic mass is 10.1. The van der Waals surface area contributed by atoms with Crippen molar-refractivity contribution >= 4 is 0 Å². The van der Waals surface area contributed by atoms with Crippen LogP contribution in [0.5, 0.6) is 0 Å². The van der Waals surface area contributed by atoms with Crippen LogP contribution in [-0.2, 0) is 11.8 Å². The highest BCUT2D eigenvalue weighted by Crippen LogP contribution is 2.47. The molecule has 0 atom stereocenters. The third kappa shape index (κ3) is 2.12. The molecule has 0 fully saturated rings. The van der Waals surface area contributed by atoms with Gasteiger partial charge in [0.2, 0.25) is 0 Å². The number of aromatic amines is 1. The van der Waals surface area contributed by atoms with Crippen LogP contribution in [0.15, 0.2) is 6.20 Å². The van der Waals surface area contributed by atoms with Crippen LogP contribution in [0.3, 0.4) is 0 Å². The Balaban J connectivity index is 3.35. The van der Waals surface area contributed by atoms with Gasteiger partial charge in [-0.05, 0) is 0 Å². The SMILES string of the molecule is FC(F)C(F)(F)c1c[nH]nc1C(F)(F)C(F)(F)F. The Morgan fingerprint density at radius 2 is 1.50 bits per heavy atom. The molecule has 1 aromatic rings. The Kier molecular flexibility index (Phi) is 3.30. The zero-order valence-corrected chi connectivity index (χ0v) is 8.00. The van der Waals surface area contributed by atoms with Gasteiger partial charge in [-0.1, -0.05) is 0 Å². The standard InChI is InChI=1S/C7H3F9N2/c8-4(9)5(10,11)2-1-17-18-3(2)6(12,13)7(14,15)16/h1,4H,(H,17,18). The number of rotatable bonds is 3. The van der Waals surface area contributed by atoms with Crippen LogP contribution in [0, 0.1) is 0 Å². The van der Waals surface area contributed by atoms with E-state index in [-0.39, 0.29) is 6.20 Å². The van der Waals surface area contributed by atoms with E-state index < -0.39 is 35.7 Å². The molecule has 0 saturated carbocycles. The Morgan fingerprint density at radius 3 is 1.89 bits per heavy atom. The Hall–Kier alpha value is -1.42. The highest BCUT2D eigenvalue weighted by Gasteiger charge is 2.63. The second kappa shape index (κ2) is 4.05. The van der Waals surface area contributed by atoms with Crippen LogP contribution in [0.25, 0.3) is 0 Å². The van der Waals surface area contributed by atoms with Gasteiger partial charge in [0.25, 0.3) is 0 Å². The number of hydrogen-bond acceptors (Lipinski definition) is 1. The molecule has 0 saturated heterocycles. The maximum Gasteiger partial charge on any atom is 0.459 e. The summed E-state index contributed by atoms with van der Waals surface area (Å²) in [4.78, 5) is 0. The van der Waals surface area contributed by atoms with Crippen LogP contribution < -0.4 is 0 Å². The molecule has 0 aliphatic carbocycles. The molecule has 1 N–H and O–H groups in total. The van der Waals surface area contributed by atoms with Gasteiger partial charge in [0.05, 0.1) is 5.56 Å². The maximum absolute atomic E-state index is 12.8. The topological polar surface area (TPSA) is 28.7 Å². The smallest absolute Gasteiger partial charge is 0.285 e. The number of nitrogens with one attached hydrogen (secondary N) is 1. The first-order valence-corrected chi connectivity index (χ1v) is 4.07. The molecule has 2 nitrogen and oxygen atoms in total. The Bertz CT molecular complexity index is 419. The number of nitrogens with zero attached hydrogens (tertiary/aromatic N) is 1. The van der Waals surface area contributed by atoms with Crippen molar-refractivity contribution in [1.29, 1.82) is 0 Å². The van der Waals surface area contributed by atoms with Crippen molar-refractivity contribution in [2.24, 2.45) is 0 Å². The molecule has 1 heterocycles. The lowest BCUT2D eigenvalue weighted by molar-refractivity contribution is -0.292. The number of alkyl halides is 9. The van der Waals surface area contributed by atoms with Crippen molar-refractivity contribution in [3.05, 3.63) is 17.5 Å². The highest BCUT2D eigenvalue weighted by molar-refractivity contribution is 5.27. The molecule has 104 valence electrons. The van der Waals surface area contributed by atoms with Crippen LogP contribution in [-0.4, -0.2) is 22.8 Å². The van der Waals surface area contributed by atoms with E-state index in [0.29, 0.717) is 0 Å². The molecule has 0 spiro atoms. The molecular formula is C7H3F9N2. The number of halogens is 9. The van der Waals surface area contributed by atoms with Gasteiger partial charge in [-0.2, -0.15) is 35.8 Å². The van der Waals surface area contributed by atoms with Crippen molar-refractivity contribution in [3.8, 4) is 0 Å². The third-order valence-corrected chi connectivity index (χ3v) is 1.93. The van der Waals surface area contributed by atoms with Crippen molar-refractivity contribution in [1.82, 2.24) is 10.2 Å². The molecular weight excluding hydrogens is 283 g/mol. The number of hydrogen-bond donors (Lipinski definition) is 1. The first kappa shape index (κ1) is 14.6. The van der Waals surface area contributed by atoms with Gasteiger partial charge in [0.15, 0.2) is 5.69 Å². The Morgan fingerprint density at radius 1 is 1.00 bits per heavy atom. The van der Waals surface area contributed by atoms with Crippen LogP contribution in [0.2, 0.25) is 0 Å². The largest absolute Gasteiger partial charge is 0.459 e. The number of aromatic nitrogens is 2. The average Bonchev–Trinajstić information content (AvgIpc) is 2.64. The molecule has 0 unspecified atom stereocenters. The summed E-state index contributed by atoms with van der Waals surface area (Å²) in [5.41, 5.74) is -4.67. The molecule has 18 heavy (non-hydrogen) atoms. The third-order valence-electron chi connectivity index (χ3n) is 1.93. The monoisotopic (exact) mass is 286 g/mol. The minimum absolute atomic E-state index is 0.124. The van der Waals surface area contributed by atoms with Gasteiger partial charge in [-0.3, -0.25) is 5.10 Å². The highest BCUT2D eigenvalue weighted by atomic mass is 19.4. The van der Waals surface area contributed by atoms with Gasteiger partial charge >= 0.3 is 24.4 Å². The fourth-order valence-corrected chi connectivity index (χ4v) is 1.04. The van der Waals surface area contributed by atoms with Crippen molar-refractivity contribution in [2.45, 2.75) is 24.4 Å². The van der Waals surface area contributed by atoms with E-state index in [1.54, 1.807) is 0 Å². The van der Waals surface area contributed by atoms with E-state index in [9.17, 15) is 39.5 Å². The average molecular weight is 286 g/mol. The molecule has 0 radical (unpaired) electrons. The second-order valence-electron chi connectivity index (χ2n) is 3.14. The molecule has 0 aliphatic rings. The fourth-order valence-electron chi connectivity index (χ4n) is 1.04. The predicted molar refractivity (Wildman–Crippen MR) is 38.4 cm³/mol. The van der Waals surface area contributed by atoms with Crippen LogP contribution in [0.4, 0.5) is 39.5 Å². The zero-order valence-electron chi connectivity index (χ0n) is 8.00. The fraction of sp³-hybridized carbons (Fsp3) is 0.571. The maximum atomic E-state index is 12.8. The summed E-state index contributed by atoms with van der Waals surface area (Å²) < 4.78 is 111. The lowest BCUT2D eigenvalue weighted by Crippen LogP contribution is -2.37. The molecule has 0 aliphatic heterocycles. The minimum atomic E-state index is -6.23. The van der Waals surface area contributed by atoms with E-state index in [0.717, 1.165) is 0 Å². The predicted octanol–water partition coefficient (Wildman–Crippen LogP) is 3.42. The molecule has 0 aromatic carbocycles. The van der Waals surface area contributed by atoms with E-state index >= 15 is 0 Å². The zero-order chi connectivity index (χ0) is 14.4. The van der Waals surface area contributed by atoms with Gasteiger partial charge in [0, 0.05) is 6.20 Å². The van der Waals surface area contributed by atoms with E-state index in [2.05, 4.69) is 5.10 Å². The first-order valence-electron chi connectivity index (χ1n) is 4.07. The summed E-state index contributed by atoms with van der Waals surface area (Å²) >= 11 is 0. The van der Waals surface area contributed by atoms with Crippen LogP contribution in [0.1, 0.15) is 11.3 Å². The lowest BCUT2D eigenvalue weighted by Gasteiger charge is -2.21. The summed E-state index contributed by atoms with van der Waals surface area (Å²) in [7, 11) is 0. The quantitative estimate of drug-likeness (QED) is 0.847. The van der Waals surface area contributed by atoms with Gasteiger partial charge < -0.3 is 0 Å². The minimum Gasteiger partial charge on any atom is -0.285 e. The summed E-state index contributed by atoms with van der Waals surface area (Å²) in [6, 6.07) is 0. The molecule has 0 bridgehead atoms. The van der Waals surface area contributed by atoms with Gasteiger partial charge in [-0.15, -0.1) is 0 Å². The first-order chi connectivity index (χ1) is 7.92. The second-order valence-corrected chi connectivity index (χ2v) is 3.14. The summed E-state index contributed by atoms with van der Waals surface area (Å²) in [6.07, 6.45) is -10.8. The summed E-state index contributed by atoms with van der Waals surface area (Å²) in [6.45, 7) is 0. The summed E-state index contributed by atoms with van der Waals surface area (Å²) in [5, 5.41) is 3.59. The van der Waals surface area contributed by atoms with E-state index in [1.807, 2.05) is 0 Å². The van der Waals surface area contributed by atoms with Gasteiger partial charge in [-0.25, -0.2) is 8.78 Å². The van der Waals surface area contributed by atoms with Crippen molar-refractivity contribution in [2.75, 3.05) is 0 Å². The molecule has 1 rings (SSSR count). The van der Waals surface area contributed by atoms with E-state index in [4.69, 9.17) is 0 Å². The molecule has 1 aromatic heterocycles. The van der Waals surface area contributed by atoms with Gasteiger partial charge in [0.1, 0.15) is 0 Å². The normalized spacial score (nSPS) is 14.3. The Labute approximate surface area is 92.8 Å². The molecule has 11 heteroatoms.